The molecule has 6 nitrogen and oxygen atoms in total. The molecule has 1 N–H and O–H groups in total. The van der Waals surface area contributed by atoms with Crippen LogP contribution in [-0.2, 0) is 30.0 Å². The van der Waals surface area contributed by atoms with Gasteiger partial charge in [0.25, 0.3) is 0 Å². The van der Waals surface area contributed by atoms with Gasteiger partial charge in [-0.15, -0.1) is 0 Å². The number of hydrogen-bond donors (Lipinski definition) is 1. The van der Waals surface area contributed by atoms with Gasteiger partial charge in [0.1, 0.15) is 0 Å². The Balaban J connectivity index is 2.11. The van der Waals surface area contributed by atoms with E-state index in [1.165, 1.54) is 11.9 Å². The Kier molecular flexibility index (Phi) is 6.88. The van der Waals surface area contributed by atoms with E-state index in [1.807, 2.05) is 27.2 Å². The maximum Gasteiger partial charge on any atom is 0.194 e. The van der Waals surface area contributed by atoms with Crippen LogP contribution in [0.2, 0.25) is 0 Å². The van der Waals surface area contributed by atoms with Crippen molar-refractivity contribution in [3.05, 3.63) is 52.3 Å². The van der Waals surface area contributed by atoms with Gasteiger partial charge in [0.15, 0.2) is 15.8 Å². The van der Waals surface area contributed by atoms with Crippen LogP contribution >= 0.6 is 15.9 Å². The minimum absolute atomic E-state index is 0.323. The summed E-state index contributed by atoms with van der Waals surface area (Å²) in [6, 6.07) is 8.94. The van der Waals surface area contributed by atoms with Crippen LogP contribution in [0.15, 0.2) is 50.9 Å². The maximum absolute atomic E-state index is 11.5. The lowest BCUT2D eigenvalue weighted by Gasteiger charge is -2.22. The Morgan fingerprint density at radius 3 is 2.46 bits per heavy atom. The molecule has 0 aliphatic carbocycles. The predicted molar refractivity (Wildman–Crippen MR) is 109 cm³/mol. The van der Waals surface area contributed by atoms with Crippen molar-refractivity contribution in [3.63, 3.8) is 0 Å². The number of rotatable bonds is 6. The number of halogens is 1. The monoisotopic (exact) mass is 440 g/mol. The minimum Gasteiger partial charge on any atom is -0.357 e. The van der Waals surface area contributed by atoms with Gasteiger partial charge in [-0.2, -0.15) is 0 Å². The van der Waals surface area contributed by atoms with Crippen molar-refractivity contribution < 1.29 is 8.42 Å². The summed E-state index contributed by atoms with van der Waals surface area (Å²) in [5.41, 5.74) is 2.13. The van der Waals surface area contributed by atoms with E-state index in [1.54, 1.807) is 24.3 Å². The fourth-order valence-corrected chi connectivity index (χ4v) is 3.72. The van der Waals surface area contributed by atoms with Crippen molar-refractivity contribution in [3.8, 4) is 0 Å². The van der Waals surface area contributed by atoms with Crippen molar-refractivity contribution in [2.75, 3.05) is 19.8 Å². The van der Waals surface area contributed by atoms with Crippen LogP contribution in [0.3, 0.4) is 0 Å². The molecule has 0 saturated heterocycles. The van der Waals surface area contributed by atoms with Gasteiger partial charge in [-0.3, -0.25) is 0 Å². The third kappa shape index (κ3) is 5.60. The number of nitrogens with one attached hydrogen (secondary N) is 1. The SMILES string of the molecule is CCNC(=NCc1ccc(S(C)(=O)=O)cc1)N(C)Cc1cc(Br)cn1C. The first-order valence-electron chi connectivity index (χ1n) is 8.30. The largest absolute Gasteiger partial charge is 0.357 e. The third-order valence-corrected chi connectivity index (χ3v) is 5.50. The van der Waals surface area contributed by atoms with Crippen molar-refractivity contribution in [2.24, 2.45) is 12.0 Å². The molecule has 0 bridgehead atoms. The quantitative estimate of drug-likeness (QED) is 0.553. The highest BCUT2D eigenvalue weighted by molar-refractivity contribution is 9.10. The highest BCUT2D eigenvalue weighted by Crippen LogP contribution is 2.15. The molecule has 0 aliphatic rings. The fourth-order valence-electron chi connectivity index (χ4n) is 2.52. The molecule has 1 aromatic carbocycles. The van der Waals surface area contributed by atoms with Crippen LogP contribution in [-0.4, -0.2) is 43.7 Å². The second kappa shape index (κ2) is 8.73. The van der Waals surface area contributed by atoms with Gasteiger partial charge in [0, 0.05) is 43.3 Å². The summed E-state index contributed by atoms with van der Waals surface area (Å²) < 4.78 is 26.2. The molecule has 8 heteroatoms. The van der Waals surface area contributed by atoms with Crippen LogP contribution in [0.1, 0.15) is 18.2 Å². The van der Waals surface area contributed by atoms with E-state index in [0.29, 0.717) is 11.4 Å². The van der Waals surface area contributed by atoms with Gasteiger partial charge >= 0.3 is 0 Å². The number of guanidine groups is 1. The van der Waals surface area contributed by atoms with Crippen LogP contribution in [0.25, 0.3) is 0 Å². The zero-order valence-corrected chi connectivity index (χ0v) is 17.9. The van der Waals surface area contributed by atoms with Gasteiger partial charge in [0.2, 0.25) is 0 Å². The molecule has 1 heterocycles. The number of hydrogen-bond acceptors (Lipinski definition) is 3. The minimum atomic E-state index is -3.17. The van der Waals surface area contributed by atoms with E-state index in [9.17, 15) is 8.42 Å². The first-order chi connectivity index (χ1) is 12.2. The second-order valence-corrected chi connectivity index (χ2v) is 9.13. The molecule has 2 rings (SSSR count). The van der Waals surface area contributed by atoms with Gasteiger partial charge in [0.05, 0.1) is 18.0 Å². The van der Waals surface area contributed by atoms with E-state index >= 15 is 0 Å². The number of aromatic nitrogens is 1. The summed E-state index contributed by atoms with van der Waals surface area (Å²) in [6.07, 6.45) is 3.23. The molecule has 0 aliphatic heterocycles. The molecule has 0 spiro atoms. The number of sulfone groups is 1. The zero-order valence-electron chi connectivity index (χ0n) is 15.5. The lowest BCUT2D eigenvalue weighted by atomic mass is 10.2. The Morgan fingerprint density at radius 2 is 1.96 bits per heavy atom. The fraction of sp³-hybridized carbons (Fsp3) is 0.389. The van der Waals surface area contributed by atoms with E-state index < -0.39 is 9.84 Å². The number of aryl methyl sites for hydroxylation is 1. The summed E-state index contributed by atoms with van der Waals surface area (Å²) in [5, 5.41) is 3.29. The topological polar surface area (TPSA) is 66.7 Å². The van der Waals surface area contributed by atoms with Crippen LogP contribution in [0.5, 0.6) is 0 Å². The van der Waals surface area contributed by atoms with Gasteiger partial charge in [-0.05, 0) is 46.6 Å². The molecular weight excluding hydrogens is 416 g/mol. The number of nitrogens with zero attached hydrogens (tertiary/aromatic N) is 3. The van der Waals surface area contributed by atoms with E-state index in [4.69, 9.17) is 0 Å². The third-order valence-electron chi connectivity index (χ3n) is 3.93. The van der Waals surface area contributed by atoms with Gasteiger partial charge < -0.3 is 14.8 Å². The van der Waals surface area contributed by atoms with Crippen LogP contribution < -0.4 is 5.32 Å². The first-order valence-corrected chi connectivity index (χ1v) is 11.0. The number of aliphatic imine (C=N–C) groups is 1. The van der Waals surface area contributed by atoms with Crippen molar-refractivity contribution in [1.82, 2.24) is 14.8 Å². The highest BCUT2D eigenvalue weighted by Gasteiger charge is 2.10. The van der Waals surface area contributed by atoms with E-state index in [0.717, 1.165) is 29.1 Å². The zero-order chi connectivity index (χ0) is 19.3. The van der Waals surface area contributed by atoms with Crippen molar-refractivity contribution in [2.45, 2.75) is 24.9 Å². The molecular formula is C18H25BrN4O2S. The summed E-state index contributed by atoms with van der Waals surface area (Å²) >= 11 is 3.49. The molecule has 0 unspecified atom stereocenters. The first kappa shape index (κ1) is 20.5. The lowest BCUT2D eigenvalue weighted by Crippen LogP contribution is -2.38. The molecule has 26 heavy (non-hydrogen) atoms. The smallest absolute Gasteiger partial charge is 0.194 e. The summed E-state index contributed by atoms with van der Waals surface area (Å²) in [7, 11) is 0.838. The summed E-state index contributed by atoms with van der Waals surface area (Å²) in [6.45, 7) is 4.00. The van der Waals surface area contributed by atoms with Gasteiger partial charge in [-0.1, -0.05) is 12.1 Å². The molecule has 0 atom stereocenters. The molecule has 2 aromatic rings. The lowest BCUT2D eigenvalue weighted by molar-refractivity contribution is 0.462. The second-order valence-electron chi connectivity index (χ2n) is 6.20. The van der Waals surface area contributed by atoms with Crippen LogP contribution in [0, 0.1) is 0 Å². The van der Waals surface area contributed by atoms with Gasteiger partial charge in [-0.25, -0.2) is 13.4 Å². The highest BCUT2D eigenvalue weighted by atomic mass is 79.9. The molecule has 0 saturated carbocycles. The van der Waals surface area contributed by atoms with E-state index in [-0.39, 0.29) is 0 Å². The maximum atomic E-state index is 11.5. The average Bonchev–Trinajstić information content (AvgIpc) is 2.88. The molecule has 1 aromatic heterocycles. The average molecular weight is 441 g/mol. The van der Waals surface area contributed by atoms with E-state index in [2.05, 4.69) is 41.8 Å². The Bertz CT molecular complexity index is 873. The standard InChI is InChI=1S/C18H25BrN4O2S/c1-5-20-18(23(3)13-16-10-15(19)12-22(16)2)21-11-14-6-8-17(9-7-14)26(4,24)25/h6-10,12H,5,11,13H2,1-4H3,(H,20,21). The van der Waals surface area contributed by atoms with Crippen LogP contribution in [0.4, 0.5) is 0 Å². The Labute approximate surface area is 164 Å². The Hall–Kier alpha value is -1.80. The van der Waals surface area contributed by atoms with Crippen molar-refractivity contribution >= 4 is 31.7 Å². The molecule has 0 radical (unpaired) electrons. The normalized spacial score (nSPS) is 12.3. The summed E-state index contributed by atoms with van der Waals surface area (Å²) in [4.78, 5) is 7.06. The molecule has 0 fully saturated rings. The molecule has 142 valence electrons. The predicted octanol–water partition coefficient (Wildman–Crippen LogP) is 2.79. The molecule has 0 amide bonds. The Morgan fingerprint density at radius 1 is 1.31 bits per heavy atom. The number of benzene rings is 1. The summed E-state index contributed by atoms with van der Waals surface area (Å²) in [5.74, 6) is 0.803. The van der Waals surface area contributed by atoms with Crippen molar-refractivity contribution in [1.29, 1.82) is 0 Å².